The van der Waals surface area contributed by atoms with Gasteiger partial charge in [0.25, 0.3) is 0 Å². The summed E-state index contributed by atoms with van der Waals surface area (Å²) in [6.45, 7) is 0. The molecule has 2 heteroatoms. The van der Waals surface area contributed by atoms with Gasteiger partial charge < -0.3 is 0 Å². The molecule has 0 spiro atoms. The molecule has 0 nitrogen and oxygen atoms in total. The van der Waals surface area contributed by atoms with E-state index in [-0.39, 0.29) is 0 Å². The third-order valence-corrected chi connectivity index (χ3v) is 8.90. The van der Waals surface area contributed by atoms with E-state index in [1.807, 2.05) is 0 Å². The minimum absolute atomic E-state index is 0.894. The van der Waals surface area contributed by atoms with Gasteiger partial charge in [0.05, 0.1) is 6.16 Å². The molecule has 3 aromatic rings. The van der Waals surface area contributed by atoms with Gasteiger partial charge in [0, 0.05) is 5.33 Å². The summed E-state index contributed by atoms with van der Waals surface area (Å²) in [7, 11) is -1.69. The van der Waals surface area contributed by atoms with Crippen LogP contribution in [-0.2, 0) is 0 Å². The predicted octanol–water partition coefficient (Wildman–Crippen LogP) is 4.93. The average molecular weight is 396 g/mol. The predicted molar refractivity (Wildman–Crippen MR) is 113 cm³/mol. The summed E-state index contributed by atoms with van der Waals surface area (Å²) < 4.78 is 0. The number of alkyl halides is 1. The van der Waals surface area contributed by atoms with Crippen LogP contribution in [-0.4, -0.2) is 11.5 Å². The fraction of sp³-hybridized carbons (Fsp3) is 0.0909. The lowest BCUT2D eigenvalue weighted by molar-refractivity contribution is 1.62. The highest BCUT2D eigenvalue weighted by molar-refractivity contribution is 9.09. The van der Waals surface area contributed by atoms with Crippen LogP contribution in [0.2, 0.25) is 0 Å². The van der Waals surface area contributed by atoms with Crippen molar-refractivity contribution in [3.63, 3.8) is 0 Å². The molecule has 0 saturated carbocycles. The van der Waals surface area contributed by atoms with Gasteiger partial charge in [0.15, 0.2) is 0 Å². The van der Waals surface area contributed by atoms with E-state index in [1.165, 1.54) is 15.9 Å². The van der Waals surface area contributed by atoms with E-state index in [0.717, 1.165) is 11.5 Å². The smallest absolute Gasteiger partial charge is 0.0883 e. The summed E-state index contributed by atoms with van der Waals surface area (Å²) in [5, 5.41) is 5.19. The van der Waals surface area contributed by atoms with Crippen molar-refractivity contribution in [3.8, 4) is 0 Å². The molecule has 0 N–H and O–H groups in total. The van der Waals surface area contributed by atoms with Gasteiger partial charge in [-0.25, -0.2) is 0 Å². The number of halogens is 1. The number of hydrogen-bond donors (Lipinski definition) is 0. The van der Waals surface area contributed by atoms with Crippen molar-refractivity contribution in [2.45, 2.75) is 0 Å². The van der Waals surface area contributed by atoms with Crippen molar-refractivity contribution < 1.29 is 0 Å². The molecule has 0 aliphatic carbocycles. The normalized spacial score (nSPS) is 11.7. The standard InChI is InChI=1S/C22H21BrP/c23-18-10-11-19-24(20-12-4-1-5-13-20,21-14-6-2-7-15-21)22-16-8-3-9-17-22/h1-17H,18-19H2/q+1/b11-10-. The molecular weight excluding hydrogens is 375 g/mol. The number of benzene rings is 3. The van der Waals surface area contributed by atoms with E-state index in [0.29, 0.717) is 0 Å². The van der Waals surface area contributed by atoms with Crippen LogP contribution in [0.15, 0.2) is 103 Å². The molecule has 120 valence electrons. The van der Waals surface area contributed by atoms with Gasteiger partial charge in [-0.3, -0.25) is 0 Å². The molecule has 3 rings (SSSR count). The zero-order valence-electron chi connectivity index (χ0n) is 13.6. The molecule has 0 aromatic heterocycles. The summed E-state index contributed by atoms with van der Waals surface area (Å²) in [4.78, 5) is 0. The zero-order valence-corrected chi connectivity index (χ0v) is 16.0. The Hall–Kier alpha value is -1.69. The molecule has 0 amide bonds. The quantitative estimate of drug-likeness (QED) is 0.315. The lowest BCUT2D eigenvalue weighted by Gasteiger charge is -2.26. The van der Waals surface area contributed by atoms with Crippen molar-refractivity contribution in [1.82, 2.24) is 0 Å². The Morgan fingerprint density at radius 3 is 1.29 bits per heavy atom. The van der Waals surface area contributed by atoms with Gasteiger partial charge in [-0.05, 0) is 42.5 Å². The van der Waals surface area contributed by atoms with Crippen LogP contribution in [0, 0.1) is 0 Å². The Bertz CT molecular complexity index is 670. The minimum atomic E-state index is -1.69. The van der Waals surface area contributed by atoms with Gasteiger partial charge in [0.2, 0.25) is 0 Å². The van der Waals surface area contributed by atoms with Crippen LogP contribution in [0.3, 0.4) is 0 Å². The second-order valence-electron chi connectivity index (χ2n) is 5.62. The molecule has 0 radical (unpaired) electrons. The largest absolute Gasteiger partial charge is 0.115 e. The van der Waals surface area contributed by atoms with Crippen LogP contribution < -0.4 is 15.9 Å². The van der Waals surface area contributed by atoms with Crippen LogP contribution in [0.4, 0.5) is 0 Å². The zero-order chi connectivity index (χ0) is 16.7. The second kappa shape index (κ2) is 8.42. The summed E-state index contributed by atoms with van der Waals surface area (Å²) in [6, 6.07) is 33.0. The highest BCUT2D eigenvalue weighted by Crippen LogP contribution is 2.55. The molecule has 0 aliphatic heterocycles. The average Bonchev–Trinajstić information content (AvgIpc) is 2.68. The van der Waals surface area contributed by atoms with E-state index in [2.05, 4.69) is 119 Å². The highest BCUT2D eigenvalue weighted by atomic mass is 79.9. The molecule has 0 unspecified atom stereocenters. The number of allylic oxidation sites excluding steroid dienone is 2. The minimum Gasteiger partial charge on any atom is -0.0883 e. The third kappa shape index (κ3) is 3.53. The van der Waals surface area contributed by atoms with Crippen LogP contribution in [0.5, 0.6) is 0 Å². The molecule has 0 fully saturated rings. The van der Waals surface area contributed by atoms with Crippen LogP contribution >= 0.6 is 23.2 Å². The van der Waals surface area contributed by atoms with Gasteiger partial charge >= 0.3 is 0 Å². The van der Waals surface area contributed by atoms with E-state index in [4.69, 9.17) is 0 Å². The molecule has 3 aromatic carbocycles. The molecular formula is C22H21BrP+. The number of hydrogen-bond acceptors (Lipinski definition) is 0. The Balaban J connectivity index is 2.26. The SMILES string of the molecule is BrC/C=C\C[P+](c1ccccc1)(c1ccccc1)c1ccccc1. The van der Waals surface area contributed by atoms with E-state index in [1.54, 1.807) is 0 Å². The van der Waals surface area contributed by atoms with Gasteiger partial charge in [-0.1, -0.05) is 76.6 Å². The summed E-state index contributed by atoms with van der Waals surface area (Å²) in [5.74, 6) is 0. The third-order valence-electron chi connectivity index (χ3n) is 4.23. The molecule has 0 heterocycles. The highest BCUT2D eigenvalue weighted by Gasteiger charge is 2.43. The molecule has 0 atom stereocenters. The maximum Gasteiger partial charge on any atom is 0.115 e. The van der Waals surface area contributed by atoms with E-state index >= 15 is 0 Å². The lowest BCUT2D eigenvalue weighted by Crippen LogP contribution is -2.32. The Morgan fingerprint density at radius 2 is 0.958 bits per heavy atom. The Kier molecular flexibility index (Phi) is 6.01. The van der Waals surface area contributed by atoms with Crippen molar-refractivity contribution >= 4 is 39.1 Å². The van der Waals surface area contributed by atoms with E-state index < -0.39 is 7.26 Å². The van der Waals surface area contributed by atoms with Crippen molar-refractivity contribution in [1.29, 1.82) is 0 Å². The van der Waals surface area contributed by atoms with E-state index in [9.17, 15) is 0 Å². The second-order valence-corrected chi connectivity index (χ2v) is 9.81. The Morgan fingerprint density at radius 1 is 0.583 bits per heavy atom. The van der Waals surface area contributed by atoms with Crippen molar-refractivity contribution in [3.05, 3.63) is 103 Å². The Labute approximate surface area is 153 Å². The van der Waals surface area contributed by atoms with Gasteiger partial charge in [-0.2, -0.15) is 0 Å². The summed E-state index contributed by atoms with van der Waals surface area (Å²) in [6.07, 6.45) is 5.58. The van der Waals surface area contributed by atoms with Gasteiger partial charge in [0.1, 0.15) is 23.2 Å². The van der Waals surface area contributed by atoms with Crippen LogP contribution in [0.1, 0.15) is 0 Å². The maximum atomic E-state index is 3.51. The first-order valence-corrected chi connectivity index (χ1v) is 11.2. The first kappa shape index (κ1) is 17.1. The number of rotatable bonds is 6. The summed E-state index contributed by atoms with van der Waals surface area (Å²) in [5.41, 5.74) is 0. The first-order valence-electron chi connectivity index (χ1n) is 8.14. The molecule has 0 bridgehead atoms. The fourth-order valence-electron chi connectivity index (χ4n) is 3.11. The fourth-order valence-corrected chi connectivity index (χ4v) is 7.41. The monoisotopic (exact) mass is 395 g/mol. The first-order chi connectivity index (χ1) is 11.9. The molecule has 0 saturated heterocycles. The molecule has 0 aliphatic rings. The van der Waals surface area contributed by atoms with Crippen molar-refractivity contribution in [2.75, 3.05) is 11.5 Å². The van der Waals surface area contributed by atoms with Crippen molar-refractivity contribution in [2.24, 2.45) is 0 Å². The van der Waals surface area contributed by atoms with Gasteiger partial charge in [-0.15, -0.1) is 0 Å². The summed E-state index contributed by atoms with van der Waals surface area (Å²) >= 11 is 3.51. The lowest BCUT2D eigenvalue weighted by atomic mass is 10.4. The molecule has 24 heavy (non-hydrogen) atoms. The van der Waals surface area contributed by atoms with Crippen LogP contribution in [0.25, 0.3) is 0 Å². The maximum absolute atomic E-state index is 3.51. The topological polar surface area (TPSA) is 0 Å².